The number of hydrogen-bond donors (Lipinski definition) is 2. The van der Waals surface area contributed by atoms with Gasteiger partial charge in [-0.2, -0.15) is 0 Å². The molecular formula is C11H15ClN4O. The summed E-state index contributed by atoms with van der Waals surface area (Å²) in [4.78, 5) is 16.6. The Morgan fingerprint density at radius 2 is 2.24 bits per heavy atom. The van der Waals surface area contributed by atoms with Gasteiger partial charge in [0.25, 0.3) is 0 Å². The number of primary amides is 1. The summed E-state index contributed by atoms with van der Waals surface area (Å²) in [6.07, 6.45) is 5.11. The second-order valence-electron chi connectivity index (χ2n) is 4.10. The molecular weight excluding hydrogens is 240 g/mol. The molecule has 0 saturated carbocycles. The smallest absolute Gasteiger partial charge is 0.314 e. The van der Waals surface area contributed by atoms with Crippen molar-refractivity contribution >= 4 is 23.3 Å². The van der Waals surface area contributed by atoms with Crippen molar-refractivity contribution in [3.8, 4) is 0 Å². The van der Waals surface area contributed by atoms with Crippen LogP contribution >= 0.6 is 11.6 Å². The van der Waals surface area contributed by atoms with Crippen LogP contribution in [0.15, 0.2) is 18.5 Å². The van der Waals surface area contributed by atoms with Gasteiger partial charge >= 0.3 is 6.03 Å². The van der Waals surface area contributed by atoms with Gasteiger partial charge in [0.05, 0.1) is 16.9 Å². The number of piperidine rings is 1. The molecule has 0 spiro atoms. The summed E-state index contributed by atoms with van der Waals surface area (Å²) in [7, 11) is 0. The van der Waals surface area contributed by atoms with Gasteiger partial charge in [-0.1, -0.05) is 11.6 Å². The zero-order chi connectivity index (χ0) is 12.3. The van der Waals surface area contributed by atoms with Crippen LogP contribution in [0.5, 0.6) is 0 Å². The van der Waals surface area contributed by atoms with Crippen LogP contribution in [0.3, 0.4) is 0 Å². The fourth-order valence-electron chi connectivity index (χ4n) is 1.95. The Bertz CT molecular complexity index is 404. The largest absolute Gasteiger partial charge is 0.380 e. The zero-order valence-electron chi connectivity index (χ0n) is 9.40. The maximum atomic E-state index is 11.0. The number of pyridine rings is 1. The average Bonchev–Trinajstić information content (AvgIpc) is 2.33. The van der Waals surface area contributed by atoms with E-state index in [4.69, 9.17) is 17.3 Å². The number of anilines is 1. The van der Waals surface area contributed by atoms with Crippen molar-refractivity contribution in [2.24, 2.45) is 5.73 Å². The molecule has 3 N–H and O–H groups in total. The number of carbonyl (C=O) groups is 1. The lowest BCUT2D eigenvalue weighted by Gasteiger charge is -2.31. The number of rotatable bonds is 2. The Hall–Kier alpha value is -1.49. The molecule has 2 rings (SSSR count). The number of amides is 2. The third-order valence-electron chi connectivity index (χ3n) is 2.93. The summed E-state index contributed by atoms with van der Waals surface area (Å²) < 4.78 is 0. The molecule has 2 heterocycles. The van der Waals surface area contributed by atoms with Gasteiger partial charge in [0, 0.05) is 25.3 Å². The van der Waals surface area contributed by atoms with E-state index in [0.717, 1.165) is 18.5 Å². The lowest BCUT2D eigenvalue weighted by molar-refractivity contribution is 0.193. The molecule has 2 amide bonds. The molecule has 17 heavy (non-hydrogen) atoms. The molecule has 1 aliphatic heterocycles. The van der Waals surface area contributed by atoms with Gasteiger partial charge < -0.3 is 16.0 Å². The molecule has 0 atom stereocenters. The SMILES string of the molecule is NC(=O)N1CCC(Nc2cnccc2Cl)CC1. The first-order chi connectivity index (χ1) is 8.16. The maximum absolute atomic E-state index is 11.0. The van der Waals surface area contributed by atoms with Crippen LogP contribution in [0.4, 0.5) is 10.5 Å². The third kappa shape index (κ3) is 3.00. The topological polar surface area (TPSA) is 71.2 Å². The Kier molecular flexibility index (Phi) is 3.68. The van der Waals surface area contributed by atoms with Gasteiger partial charge in [-0.3, -0.25) is 4.98 Å². The van der Waals surface area contributed by atoms with Crippen molar-refractivity contribution in [3.63, 3.8) is 0 Å². The van der Waals surface area contributed by atoms with Gasteiger partial charge in [0.1, 0.15) is 0 Å². The molecule has 1 aromatic rings. The predicted molar refractivity (Wildman–Crippen MR) is 67.0 cm³/mol. The molecule has 92 valence electrons. The number of urea groups is 1. The Morgan fingerprint density at radius 3 is 2.82 bits per heavy atom. The summed E-state index contributed by atoms with van der Waals surface area (Å²) in [6.45, 7) is 1.37. The van der Waals surface area contributed by atoms with E-state index in [9.17, 15) is 4.79 Å². The van der Waals surface area contributed by atoms with E-state index in [1.54, 1.807) is 23.4 Å². The highest BCUT2D eigenvalue weighted by atomic mass is 35.5. The number of carbonyl (C=O) groups excluding carboxylic acids is 1. The first-order valence-electron chi connectivity index (χ1n) is 5.57. The van der Waals surface area contributed by atoms with E-state index in [1.165, 1.54) is 0 Å². The summed E-state index contributed by atoms with van der Waals surface area (Å²) in [5.41, 5.74) is 6.06. The highest BCUT2D eigenvalue weighted by molar-refractivity contribution is 6.33. The van der Waals surface area contributed by atoms with Crippen molar-refractivity contribution < 1.29 is 4.79 Å². The molecule has 5 nitrogen and oxygen atoms in total. The van der Waals surface area contributed by atoms with Gasteiger partial charge in [-0.25, -0.2) is 4.79 Å². The highest BCUT2D eigenvalue weighted by Gasteiger charge is 2.21. The Balaban J connectivity index is 1.90. The van der Waals surface area contributed by atoms with E-state index in [1.807, 2.05) is 0 Å². The molecule has 0 radical (unpaired) electrons. The summed E-state index contributed by atoms with van der Waals surface area (Å²) in [5, 5.41) is 4.00. The van der Waals surface area contributed by atoms with Crippen LogP contribution in [0, 0.1) is 0 Å². The lowest BCUT2D eigenvalue weighted by Crippen LogP contribution is -2.44. The summed E-state index contributed by atoms with van der Waals surface area (Å²) >= 11 is 6.04. The van der Waals surface area contributed by atoms with Crippen molar-refractivity contribution in [1.82, 2.24) is 9.88 Å². The number of halogens is 1. The van der Waals surface area contributed by atoms with E-state index in [-0.39, 0.29) is 6.03 Å². The molecule has 0 aromatic carbocycles. The Labute approximate surface area is 105 Å². The highest BCUT2D eigenvalue weighted by Crippen LogP contribution is 2.22. The number of nitrogens with one attached hydrogen (secondary N) is 1. The van der Waals surface area contributed by atoms with Crippen LogP contribution in [0.1, 0.15) is 12.8 Å². The minimum atomic E-state index is -0.345. The van der Waals surface area contributed by atoms with E-state index in [2.05, 4.69) is 10.3 Å². The standard InChI is InChI=1S/C11H15ClN4O/c12-9-1-4-14-7-10(9)15-8-2-5-16(6-3-8)11(13)17/h1,4,7-8,15H,2-3,5-6H2,(H2,13,17). The molecule has 6 heteroatoms. The van der Waals surface area contributed by atoms with Crippen LogP contribution in [-0.2, 0) is 0 Å². The summed E-state index contributed by atoms with van der Waals surface area (Å²) in [5.74, 6) is 0. The van der Waals surface area contributed by atoms with Crippen molar-refractivity contribution in [2.75, 3.05) is 18.4 Å². The van der Waals surface area contributed by atoms with Crippen LogP contribution < -0.4 is 11.1 Å². The normalized spacial score (nSPS) is 16.9. The van der Waals surface area contributed by atoms with Gasteiger partial charge in [-0.05, 0) is 18.9 Å². The number of hydrogen-bond acceptors (Lipinski definition) is 3. The number of aromatic nitrogens is 1. The monoisotopic (exact) mass is 254 g/mol. The van der Waals surface area contributed by atoms with Gasteiger partial charge in [0.15, 0.2) is 0 Å². The molecule has 1 aliphatic rings. The van der Waals surface area contributed by atoms with E-state index >= 15 is 0 Å². The summed E-state index contributed by atoms with van der Waals surface area (Å²) in [6, 6.07) is 1.72. The van der Waals surface area contributed by atoms with Crippen molar-refractivity contribution in [3.05, 3.63) is 23.5 Å². The average molecular weight is 255 g/mol. The van der Waals surface area contributed by atoms with E-state index in [0.29, 0.717) is 24.2 Å². The van der Waals surface area contributed by atoms with Crippen molar-refractivity contribution in [2.45, 2.75) is 18.9 Å². The van der Waals surface area contributed by atoms with E-state index < -0.39 is 0 Å². The second-order valence-corrected chi connectivity index (χ2v) is 4.51. The molecule has 0 aliphatic carbocycles. The number of nitrogens with zero attached hydrogens (tertiary/aromatic N) is 2. The number of likely N-dealkylation sites (tertiary alicyclic amines) is 1. The third-order valence-corrected chi connectivity index (χ3v) is 3.26. The van der Waals surface area contributed by atoms with Gasteiger partial charge in [0.2, 0.25) is 0 Å². The molecule has 1 fully saturated rings. The first kappa shape index (κ1) is 12.0. The molecule has 0 bridgehead atoms. The minimum Gasteiger partial charge on any atom is -0.380 e. The Morgan fingerprint density at radius 1 is 1.53 bits per heavy atom. The fourth-order valence-corrected chi connectivity index (χ4v) is 2.11. The predicted octanol–water partition coefficient (Wildman–Crippen LogP) is 1.69. The van der Waals surface area contributed by atoms with Crippen LogP contribution in [0.2, 0.25) is 5.02 Å². The van der Waals surface area contributed by atoms with Crippen LogP contribution in [0.25, 0.3) is 0 Å². The molecule has 1 aromatic heterocycles. The lowest BCUT2D eigenvalue weighted by atomic mass is 10.1. The quantitative estimate of drug-likeness (QED) is 0.844. The van der Waals surface area contributed by atoms with Crippen LogP contribution in [-0.4, -0.2) is 35.0 Å². The first-order valence-corrected chi connectivity index (χ1v) is 5.95. The molecule has 1 saturated heterocycles. The minimum absolute atomic E-state index is 0.312. The number of nitrogens with two attached hydrogens (primary N) is 1. The zero-order valence-corrected chi connectivity index (χ0v) is 10.2. The maximum Gasteiger partial charge on any atom is 0.314 e. The fraction of sp³-hybridized carbons (Fsp3) is 0.455. The van der Waals surface area contributed by atoms with Crippen molar-refractivity contribution in [1.29, 1.82) is 0 Å². The molecule has 0 unspecified atom stereocenters. The van der Waals surface area contributed by atoms with Gasteiger partial charge in [-0.15, -0.1) is 0 Å². The second kappa shape index (κ2) is 5.23.